The molecule has 1 saturated heterocycles. The maximum absolute atomic E-state index is 13.5. The number of pyridine rings is 1. The summed E-state index contributed by atoms with van der Waals surface area (Å²) in [7, 11) is 1.66. The second kappa shape index (κ2) is 9.25. The number of fused-ring (bicyclic) bond motifs is 8. The SMILES string of the molecule is COCCCNC(=O)C1Cc2cc(NC(C)=O)ccc2N2C[C@H]3C[C@H](c4cccc(=O)n4C3)[C@H]12. The Bertz CT molecular complexity index is 1160. The molecule has 34 heavy (non-hydrogen) atoms. The van der Waals surface area contributed by atoms with Crippen molar-refractivity contribution in [1.29, 1.82) is 0 Å². The molecule has 4 atom stereocenters. The van der Waals surface area contributed by atoms with E-state index in [9.17, 15) is 14.4 Å². The third-order valence-corrected chi connectivity index (χ3v) is 7.44. The van der Waals surface area contributed by atoms with Crippen molar-refractivity contribution in [2.45, 2.75) is 44.7 Å². The summed E-state index contributed by atoms with van der Waals surface area (Å²) in [5, 5.41) is 5.99. The average molecular weight is 465 g/mol. The van der Waals surface area contributed by atoms with Crippen LogP contribution in [0.1, 0.15) is 36.9 Å². The molecule has 8 nitrogen and oxygen atoms in total. The Morgan fingerprint density at radius 2 is 2.03 bits per heavy atom. The predicted molar refractivity (Wildman–Crippen MR) is 130 cm³/mol. The molecule has 0 spiro atoms. The summed E-state index contributed by atoms with van der Waals surface area (Å²) in [4.78, 5) is 40.1. The van der Waals surface area contributed by atoms with Gasteiger partial charge in [0.2, 0.25) is 11.8 Å². The highest BCUT2D eigenvalue weighted by atomic mass is 16.5. The number of nitrogens with zero attached hydrogens (tertiary/aromatic N) is 2. The van der Waals surface area contributed by atoms with Crippen molar-refractivity contribution < 1.29 is 14.3 Å². The lowest BCUT2D eigenvalue weighted by molar-refractivity contribution is -0.126. The Labute approximate surface area is 199 Å². The van der Waals surface area contributed by atoms with Crippen LogP contribution in [0.5, 0.6) is 0 Å². The van der Waals surface area contributed by atoms with Crippen LogP contribution >= 0.6 is 0 Å². The number of ether oxygens (including phenoxy) is 1. The van der Waals surface area contributed by atoms with Gasteiger partial charge in [-0.2, -0.15) is 0 Å². The van der Waals surface area contributed by atoms with Crippen LogP contribution in [0.3, 0.4) is 0 Å². The molecule has 1 aromatic heterocycles. The number of piperidine rings is 1. The topological polar surface area (TPSA) is 92.7 Å². The van der Waals surface area contributed by atoms with Crippen molar-refractivity contribution in [3.8, 4) is 0 Å². The summed E-state index contributed by atoms with van der Waals surface area (Å²) in [5.74, 6) is 0.126. The summed E-state index contributed by atoms with van der Waals surface area (Å²) in [6.45, 7) is 4.18. The van der Waals surface area contributed by atoms with Crippen LogP contribution in [0, 0.1) is 11.8 Å². The molecule has 2 bridgehead atoms. The lowest BCUT2D eigenvalue weighted by atomic mass is 9.69. The number of rotatable bonds is 6. The zero-order valence-electron chi connectivity index (χ0n) is 19.8. The van der Waals surface area contributed by atoms with Crippen molar-refractivity contribution in [2.24, 2.45) is 11.8 Å². The van der Waals surface area contributed by atoms with E-state index in [0.29, 0.717) is 32.0 Å². The van der Waals surface area contributed by atoms with Gasteiger partial charge in [0.1, 0.15) is 0 Å². The number of benzene rings is 1. The number of amides is 2. The number of nitrogens with one attached hydrogen (secondary N) is 2. The highest BCUT2D eigenvalue weighted by Gasteiger charge is 2.49. The first-order chi connectivity index (χ1) is 16.5. The van der Waals surface area contributed by atoms with Crippen LogP contribution in [0.2, 0.25) is 0 Å². The van der Waals surface area contributed by atoms with E-state index in [1.54, 1.807) is 13.2 Å². The predicted octanol–water partition coefficient (Wildman–Crippen LogP) is 2.12. The molecule has 1 fully saturated rings. The number of hydrogen-bond acceptors (Lipinski definition) is 5. The molecule has 3 aliphatic heterocycles. The van der Waals surface area contributed by atoms with Gasteiger partial charge in [0.15, 0.2) is 0 Å². The Balaban J connectivity index is 1.53. The standard InChI is InChI=1S/C26H32N4O4/c1-16(31)28-19-7-8-22-18(12-19)13-21(26(33)27-9-4-10-34-2)25-20-11-17(15-30(22)25)14-29-23(20)5-3-6-24(29)32/h3,5-8,12,17,20-21,25H,4,9-11,13-15H2,1-2H3,(H,27,33)(H,28,31)/t17-,20+,21?,25+/m0/s1. The van der Waals surface area contributed by atoms with Crippen LogP contribution in [0.15, 0.2) is 41.2 Å². The number of methoxy groups -OCH3 is 1. The normalized spacial score (nSPS) is 24.5. The van der Waals surface area contributed by atoms with Gasteiger partial charge in [-0.3, -0.25) is 14.4 Å². The molecule has 0 radical (unpaired) electrons. The number of anilines is 2. The zero-order chi connectivity index (χ0) is 23.8. The minimum Gasteiger partial charge on any atom is -0.385 e. The molecule has 2 aromatic rings. The molecular formula is C26H32N4O4. The largest absolute Gasteiger partial charge is 0.385 e. The summed E-state index contributed by atoms with van der Waals surface area (Å²) in [6, 6.07) is 11.5. The Morgan fingerprint density at radius 1 is 1.18 bits per heavy atom. The summed E-state index contributed by atoms with van der Waals surface area (Å²) in [6.07, 6.45) is 2.34. The van der Waals surface area contributed by atoms with Crippen molar-refractivity contribution in [3.63, 3.8) is 0 Å². The molecule has 2 N–H and O–H groups in total. The third kappa shape index (κ3) is 4.11. The number of hydrogen-bond donors (Lipinski definition) is 2. The van der Waals surface area contributed by atoms with Gasteiger partial charge in [-0.15, -0.1) is 0 Å². The summed E-state index contributed by atoms with van der Waals surface area (Å²) < 4.78 is 7.04. The van der Waals surface area contributed by atoms with E-state index in [1.807, 2.05) is 22.8 Å². The quantitative estimate of drug-likeness (QED) is 0.639. The lowest BCUT2D eigenvalue weighted by Gasteiger charge is -2.54. The van der Waals surface area contributed by atoms with Crippen LogP contribution in [0.4, 0.5) is 11.4 Å². The monoisotopic (exact) mass is 464 g/mol. The average Bonchev–Trinajstić information content (AvgIpc) is 2.81. The van der Waals surface area contributed by atoms with E-state index < -0.39 is 0 Å². The van der Waals surface area contributed by atoms with E-state index >= 15 is 0 Å². The van der Waals surface area contributed by atoms with E-state index in [0.717, 1.165) is 42.0 Å². The fourth-order valence-corrected chi connectivity index (χ4v) is 6.16. The zero-order valence-corrected chi connectivity index (χ0v) is 19.8. The summed E-state index contributed by atoms with van der Waals surface area (Å²) >= 11 is 0. The maximum Gasteiger partial charge on any atom is 0.250 e. The van der Waals surface area contributed by atoms with Crippen LogP contribution in [0.25, 0.3) is 0 Å². The molecule has 8 heteroatoms. The first kappa shape index (κ1) is 22.7. The van der Waals surface area contributed by atoms with Gasteiger partial charge in [-0.05, 0) is 55.0 Å². The Hall–Kier alpha value is -3.13. The van der Waals surface area contributed by atoms with Crippen LogP contribution in [-0.2, 0) is 27.3 Å². The first-order valence-corrected chi connectivity index (χ1v) is 12.1. The molecule has 5 rings (SSSR count). The number of carbonyl (C=O) groups excluding carboxylic acids is 2. The molecule has 4 heterocycles. The van der Waals surface area contributed by atoms with Gasteiger partial charge in [0, 0.05) is 75.4 Å². The lowest BCUT2D eigenvalue weighted by Crippen LogP contribution is -2.60. The van der Waals surface area contributed by atoms with Crippen LogP contribution < -0.4 is 21.1 Å². The number of aromatic nitrogens is 1. The molecule has 3 aliphatic rings. The highest BCUT2D eigenvalue weighted by molar-refractivity contribution is 5.89. The molecule has 1 unspecified atom stereocenters. The van der Waals surface area contributed by atoms with Gasteiger partial charge in [-0.1, -0.05) is 6.07 Å². The van der Waals surface area contributed by atoms with Gasteiger partial charge in [0.25, 0.3) is 5.56 Å². The van der Waals surface area contributed by atoms with Gasteiger partial charge in [0.05, 0.1) is 5.92 Å². The molecule has 180 valence electrons. The van der Waals surface area contributed by atoms with Crippen molar-refractivity contribution in [3.05, 3.63) is 58.0 Å². The minimum absolute atomic E-state index is 0.0221. The van der Waals surface area contributed by atoms with Gasteiger partial charge in [-0.25, -0.2) is 0 Å². The van der Waals surface area contributed by atoms with E-state index in [-0.39, 0.29) is 35.3 Å². The molecule has 0 aliphatic carbocycles. The number of carbonyl (C=O) groups is 2. The second-order valence-electron chi connectivity index (χ2n) is 9.72. The van der Waals surface area contributed by atoms with Crippen LogP contribution in [-0.4, -0.2) is 49.2 Å². The van der Waals surface area contributed by atoms with E-state index in [2.05, 4.69) is 27.7 Å². The Morgan fingerprint density at radius 3 is 2.82 bits per heavy atom. The van der Waals surface area contributed by atoms with E-state index in [1.165, 1.54) is 6.92 Å². The third-order valence-electron chi connectivity index (χ3n) is 7.44. The second-order valence-corrected chi connectivity index (χ2v) is 9.72. The molecule has 1 aromatic carbocycles. The smallest absolute Gasteiger partial charge is 0.250 e. The fourth-order valence-electron chi connectivity index (χ4n) is 6.16. The molecule has 0 saturated carbocycles. The van der Waals surface area contributed by atoms with Gasteiger partial charge >= 0.3 is 0 Å². The first-order valence-electron chi connectivity index (χ1n) is 12.1. The van der Waals surface area contributed by atoms with E-state index in [4.69, 9.17) is 4.74 Å². The summed E-state index contributed by atoms with van der Waals surface area (Å²) in [5.41, 5.74) is 4.03. The fraction of sp³-hybridized carbons (Fsp3) is 0.500. The maximum atomic E-state index is 13.5. The molecule has 2 amide bonds. The van der Waals surface area contributed by atoms with Crippen molar-refractivity contribution >= 4 is 23.2 Å². The highest BCUT2D eigenvalue weighted by Crippen LogP contribution is 2.48. The van der Waals surface area contributed by atoms with Crippen molar-refractivity contribution in [2.75, 3.05) is 37.0 Å². The van der Waals surface area contributed by atoms with Crippen molar-refractivity contribution in [1.82, 2.24) is 9.88 Å². The van der Waals surface area contributed by atoms with Gasteiger partial charge < -0.3 is 24.8 Å². The molecular weight excluding hydrogens is 432 g/mol. The minimum atomic E-state index is -0.254. The Kier molecular flexibility index (Phi) is 6.16.